The summed E-state index contributed by atoms with van der Waals surface area (Å²) in [5.74, 6) is 1.33. The zero-order valence-corrected chi connectivity index (χ0v) is 12.5. The number of carbonyl (C=O) groups excluding carboxylic acids is 1. The van der Waals surface area contributed by atoms with Crippen LogP contribution >= 0.6 is 0 Å². The summed E-state index contributed by atoms with van der Waals surface area (Å²) in [4.78, 5) is 13.7. The van der Waals surface area contributed by atoms with Crippen molar-refractivity contribution >= 4 is 6.09 Å². The van der Waals surface area contributed by atoms with Gasteiger partial charge in [-0.1, -0.05) is 0 Å². The smallest absolute Gasteiger partial charge is 0.415 e. The Labute approximate surface area is 120 Å². The fourth-order valence-corrected chi connectivity index (χ4v) is 2.17. The van der Waals surface area contributed by atoms with Gasteiger partial charge in [0, 0.05) is 13.1 Å². The van der Waals surface area contributed by atoms with E-state index in [-0.39, 0.29) is 11.7 Å². The number of piperidine rings is 1. The van der Waals surface area contributed by atoms with Crippen molar-refractivity contribution in [2.24, 2.45) is 0 Å². The minimum absolute atomic E-state index is 0.230. The topological polar surface area (TPSA) is 38.8 Å². The van der Waals surface area contributed by atoms with E-state index in [1.165, 1.54) is 6.42 Å². The average molecular weight is 277 g/mol. The van der Waals surface area contributed by atoms with E-state index >= 15 is 0 Å². The third-order valence-corrected chi connectivity index (χ3v) is 3.07. The Bertz CT molecular complexity index is 442. The summed E-state index contributed by atoms with van der Waals surface area (Å²) in [6.45, 7) is 7.58. The highest BCUT2D eigenvalue weighted by molar-refractivity contribution is 5.70. The third kappa shape index (κ3) is 4.44. The summed E-state index contributed by atoms with van der Waals surface area (Å²) in [6.07, 6.45) is 3.07. The maximum atomic E-state index is 12.0. The monoisotopic (exact) mass is 277 g/mol. The SMILES string of the molecule is CC(C)(C)Oc1ccc(OC(=O)N2CCCCC2)cc1. The molecule has 0 radical (unpaired) electrons. The van der Waals surface area contributed by atoms with Gasteiger partial charge in [0.1, 0.15) is 17.1 Å². The minimum atomic E-state index is -0.255. The number of likely N-dealkylation sites (tertiary alicyclic amines) is 1. The van der Waals surface area contributed by atoms with E-state index in [9.17, 15) is 4.79 Å². The molecule has 1 fully saturated rings. The van der Waals surface area contributed by atoms with Crippen molar-refractivity contribution < 1.29 is 14.3 Å². The summed E-state index contributed by atoms with van der Waals surface area (Å²) in [7, 11) is 0. The van der Waals surface area contributed by atoms with Crippen LogP contribution in [0.5, 0.6) is 11.5 Å². The van der Waals surface area contributed by atoms with Crippen molar-refractivity contribution in [2.45, 2.75) is 45.6 Å². The molecule has 0 aromatic heterocycles. The van der Waals surface area contributed by atoms with E-state index < -0.39 is 0 Å². The number of hydrogen-bond acceptors (Lipinski definition) is 3. The molecule has 1 aliphatic rings. The zero-order valence-electron chi connectivity index (χ0n) is 12.5. The summed E-state index contributed by atoms with van der Waals surface area (Å²) in [5.41, 5.74) is -0.230. The lowest BCUT2D eigenvalue weighted by Gasteiger charge is -2.25. The Morgan fingerprint density at radius 1 is 1.00 bits per heavy atom. The maximum Gasteiger partial charge on any atom is 0.415 e. The highest BCUT2D eigenvalue weighted by Gasteiger charge is 2.18. The van der Waals surface area contributed by atoms with Gasteiger partial charge in [0.15, 0.2) is 0 Å². The lowest BCUT2D eigenvalue weighted by molar-refractivity contribution is 0.130. The van der Waals surface area contributed by atoms with Crippen LogP contribution in [0.2, 0.25) is 0 Å². The van der Waals surface area contributed by atoms with E-state index in [1.54, 1.807) is 17.0 Å². The first-order valence-corrected chi connectivity index (χ1v) is 7.20. The molecule has 0 N–H and O–H groups in total. The van der Waals surface area contributed by atoms with Crippen LogP contribution in [-0.2, 0) is 0 Å². The summed E-state index contributed by atoms with van der Waals surface area (Å²) in [5, 5.41) is 0. The second kappa shape index (κ2) is 6.16. The number of ether oxygens (including phenoxy) is 2. The molecule has 20 heavy (non-hydrogen) atoms. The van der Waals surface area contributed by atoms with Gasteiger partial charge in [0.2, 0.25) is 0 Å². The Hall–Kier alpha value is -1.71. The Morgan fingerprint density at radius 2 is 1.55 bits per heavy atom. The van der Waals surface area contributed by atoms with Gasteiger partial charge < -0.3 is 14.4 Å². The predicted octanol–water partition coefficient (Wildman–Crippen LogP) is 3.85. The minimum Gasteiger partial charge on any atom is -0.488 e. The fourth-order valence-electron chi connectivity index (χ4n) is 2.17. The van der Waals surface area contributed by atoms with E-state index in [2.05, 4.69) is 0 Å². The third-order valence-electron chi connectivity index (χ3n) is 3.07. The molecular formula is C16H23NO3. The molecule has 0 atom stereocenters. The van der Waals surface area contributed by atoms with Gasteiger partial charge in [0.05, 0.1) is 0 Å². The summed E-state index contributed by atoms with van der Waals surface area (Å²) >= 11 is 0. The van der Waals surface area contributed by atoms with Crippen LogP contribution in [0.3, 0.4) is 0 Å². The van der Waals surface area contributed by atoms with Gasteiger partial charge in [0.25, 0.3) is 0 Å². The quantitative estimate of drug-likeness (QED) is 0.824. The van der Waals surface area contributed by atoms with Crippen LogP contribution in [0.15, 0.2) is 24.3 Å². The molecule has 4 nitrogen and oxygen atoms in total. The predicted molar refractivity (Wildman–Crippen MR) is 78.3 cm³/mol. The van der Waals surface area contributed by atoms with E-state index in [0.29, 0.717) is 5.75 Å². The lowest BCUT2D eigenvalue weighted by Crippen LogP contribution is -2.37. The molecule has 1 saturated heterocycles. The Kier molecular flexibility index (Phi) is 4.53. The van der Waals surface area contributed by atoms with Crippen LogP contribution in [0.4, 0.5) is 4.79 Å². The number of rotatable bonds is 2. The van der Waals surface area contributed by atoms with Gasteiger partial charge in [-0.05, 0) is 64.3 Å². The second-order valence-corrected chi connectivity index (χ2v) is 6.10. The van der Waals surface area contributed by atoms with Gasteiger partial charge in [-0.2, -0.15) is 0 Å². The molecule has 4 heteroatoms. The molecule has 1 amide bonds. The van der Waals surface area contributed by atoms with Crippen molar-refractivity contribution in [2.75, 3.05) is 13.1 Å². The molecular weight excluding hydrogens is 254 g/mol. The Morgan fingerprint density at radius 3 is 2.10 bits per heavy atom. The molecule has 0 spiro atoms. The molecule has 1 aromatic rings. The first-order valence-electron chi connectivity index (χ1n) is 7.20. The highest BCUT2D eigenvalue weighted by Crippen LogP contribution is 2.22. The largest absolute Gasteiger partial charge is 0.488 e. The number of carbonyl (C=O) groups is 1. The van der Waals surface area contributed by atoms with E-state index in [1.807, 2.05) is 32.9 Å². The van der Waals surface area contributed by atoms with E-state index in [4.69, 9.17) is 9.47 Å². The van der Waals surface area contributed by atoms with Crippen molar-refractivity contribution in [3.63, 3.8) is 0 Å². The molecule has 1 aromatic carbocycles. The summed E-state index contributed by atoms with van der Waals surface area (Å²) in [6, 6.07) is 7.18. The molecule has 1 aliphatic heterocycles. The van der Waals surface area contributed by atoms with Gasteiger partial charge >= 0.3 is 6.09 Å². The first-order chi connectivity index (χ1) is 9.44. The number of nitrogens with zero attached hydrogens (tertiary/aromatic N) is 1. The molecule has 0 saturated carbocycles. The first kappa shape index (κ1) is 14.7. The van der Waals surface area contributed by atoms with Crippen LogP contribution < -0.4 is 9.47 Å². The van der Waals surface area contributed by atoms with Crippen molar-refractivity contribution in [1.29, 1.82) is 0 Å². The normalized spacial score (nSPS) is 15.8. The van der Waals surface area contributed by atoms with E-state index in [0.717, 1.165) is 31.7 Å². The molecule has 0 unspecified atom stereocenters. The van der Waals surface area contributed by atoms with Crippen LogP contribution in [0, 0.1) is 0 Å². The fraction of sp³-hybridized carbons (Fsp3) is 0.562. The van der Waals surface area contributed by atoms with Crippen molar-refractivity contribution in [1.82, 2.24) is 4.90 Å². The zero-order chi connectivity index (χ0) is 14.6. The Balaban J connectivity index is 1.91. The maximum absolute atomic E-state index is 12.0. The molecule has 0 bridgehead atoms. The molecule has 2 rings (SSSR count). The van der Waals surface area contributed by atoms with Crippen LogP contribution in [0.1, 0.15) is 40.0 Å². The van der Waals surface area contributed by atoms with Crippen molar-refractivity contribution in [3.8, 4) is 11.5 Å². The van der Waals surface area contributed by atoms with Crippen LogP contribution in [-0.4, -0.2) is 29.7 Å². The summed E-state index contributed by atoms with van der Waals surface area (Å²) < 4.78 is 11.1. The molecule has 110 valence electrons. The van der Waals surface area contributed by atoms with Gasteiger partial charge in [-0.3, -0.25) is 0 Å². The number of benzene rings is 1. The van der Waals surface area contributed by atoms with Crippen molar-refractivity contribution in [3.05, 3.63) is 24.3 Å². The average Bonchev–Trinajstić information content (AvgIpc) is 2.40. The lowest BCUT2D eigenvalue weighted by atomic mass is 10.1. The highest BCUT2D eigenvalue weighted by atomic mass is 16.6. The van der Waals surface area contributed by atoms with Crippen LogP contribution in [0.25, 0.3) is 0 Å². The number of hydrogen-bond donors (Lipinski definition) is 0. The molecule has 1 heterocycles. The molecule has 0 aliphatic carbocycles. The second-order valence-electron chi connectivity index (χ2n) is 6.10. The number of amides is 1. The van der Waals surface area contributed by atoms with Gasteiger partial charge in [-0.25, -0.2) is 4.79 Å². The van der Waals surface area contributed by atoms with Gasteiger partial charge in [-0.15, -0.1) is 0 Å². The standard InChI is InChI=1S/C16H23NO3/c1-16(2,3)20-14-9-7-13(8-10-14)19-15(18)17-11-5-4-6-12-17/h7-10H,4-6,11-12H2,1-3H3.